The first-order valence-electron chi connectivity index (χ1n) is 7.83. The highest BCUT2D eigenvalue weighted by Gasteiger charge is 2.35. The Balaban J connectivity index is 1.64. The average molecular weight is 283 g/mol. The molecule has 2 aliphatic carbocycles. The van der Waals surface area contributed by atoms with E-state index in [1.54, 1.807) is 0 Å². The average Bonchev–Trinajstić information content (AvgIpc) is 2.70. The summed E-state index contributed by atoms with van der Waals surface area (Å²) in [4.78, 5) is 11.6. The van der Waals surface area contributed by atoms with Crippen LogP contribution in [0.5, 0.6) is 0 Å². The van der Waals surface area contributed by atoms with Crippen molar-refractivity contribution in [2.75, 3.05) is 6.54 Å². The molecule has 2 saturated carbocycles. The Hall–Kier alpha value is -0.810. The Labute approximate surface area is 122 Å². The van der Waals surface area contributed by atoms with E-state index in [0.717, 1.165) is 19.4 Å². The minimum absolute atomic E-state index is 0.250. The molecule has 0 saturated heterocycles. The van der Waals surface area contributed by atoms with E-state index < -0.39 is 5.60 Å². The van der Waals surface area contributed by atoms with Gasteiger partial charge in [-0.15, -0.1) is 0 Å². The number of nitrogens with two attached hydrogens (primary N) is 1. The Morgan fingerprint density at radius 3 is 2.55 bits per heavy atom. The van der Waals surface area contributed by atoms with Crippen molar-refractivity contribution in [1.82, 2.24) is 10.6 Å². The van der Waals surface area contributed by atoms with E-state index in [2.05, 4.69) is 10.6 Å². The first kappa shape index (κ1) is 15.6. The standard InChI is InChI=1S/C15H29N3O2/c1-15(2,3)20-14(19)18-12-7-11(8-12)17-13-6-4-5-10(13)9-16/h10-13,17H,4-9,16H2,1-3H3,(H,18,19). The normalized spacial score (nSPS) is 33.6. The van der Waals surface area contributed by atoms with E-state index in [-0.39, 0.29) is 12.1 Å². The van der Waals surface area contributed by atoms with Gasteiger partial charge in [0.25, 0.3) is 0 Å². The van der Waals surface area contributed by atoms with Crippen LogP contribution < -0.4 is 16.4 Å². The van der Waals surface area contributed by atoms with Crippen molar-refractivity contribution in [3.8, 4) is 0 Å². The summed E-state index contributed by atoms with van der Waals surface area (Å²) >= 11 is 0. The minimum Gasteiger partial charge on any atom is -0.444 e. The van der Waals surface area contributed by atoms with E-state index in [1.807, 2.05) is 20.8 Å². The number of rotatable bonds is 4. The van der Waals surface area contributed by atoms with Gasteiger partial charge in [0.05, 0.1) is 0 Å². The number of hydrogen-bond acceptors (Lipinski definition) is 4. The van der Waals surface area contributed by atoms with Gasteiger partial charge >= 0.3 is 6.09 Å². The third-order valence-electron chi connectivity index (χ3n) is 4.27. The summed E-state index contributed by atoms with van der Waals surface area (Å²) in [6.07, 6.45) is 5.45. The van der Waals surface area contributed by atoms with Gasteiger partial charge in [-0.2, -0.15) is 0 Å². The third kappa shape index (κ3) is 4.35. The fraction of sp³-hybridized carbons (Fsp3) is 0.933. The second kappa shape index (κ2) is 6.31. The van der Waals surface area contributed by atoms with Crippen LogP contribution in [-0.2, 0) is 4.74 Å². The van der Waals surface area contributed by atoms with Gasteiger partial charge in [-0.1, -0.05) is 6.42 Å². The largest absolute Gasteiger partial charge is 0.444 e. The van der Waals surface area contributed by atoms with Gasteiger partial charge in [-0.05, 0) is 58.9 Å². The number of amides is 1. The Kier molecular flexibility index (Phi) is 4.91. The molecule has 5 heteroatoms. The fourth-order valence-corrected chi connectivity index (χ4v) is 3.19. The van der Waals surface area contributed by atoms with Crippen LogP contribution in [0.4, 0.5) is 4.79 Å². The molecule has 2 atom stereocenters. The zero-order valence-corrected chi connectivity index (χ0v) is 12.9. The lowest BCUT2D eigenvalue weighted by Gasteiger charge is -2.39. The lowest BCUT2D eigenvalue weighted by Crippen LogP contribution is -2.56. The first-order chi connectivity index (χ1) is 9.37. The van der Waals surface area contributed by atoms with Crippen LogP contribution in [0.25, 0.3) is 0 Å². The van der Waals surface area contributed by atoms with Gasteiger partial charge in [0.1, 0.15) is 5.60 Å². The number of alkyl carbamates (subject to hydrolysis) is 1. The molecule has 2 aliphatic rings. The maximum Gasteiger partial charge on any atom is 0.407 e. The molecule has 2 unspecified atom stereocenters. The summed E-state index contributed by atoms with van der Waals surface area (Å²) in [7, 11) is 0. The molecule has 2 fully saturated rings. The van der Waals surface area contributed by atoms with Crippen LogP contribution in [0.3, 0.4) is 0 Å². The summed E-state index contributed by atoms with van der Waals surface area (Å²) in [6, 6.07) is 1.35. The van der Waals surface area contributed by atoms with Crippen molar-refractivity contribution in [3.63, 3.8) is 0 Å². The van der Waals surface area contributed by atoms with Gasteiger partial charge in [0.2, 0.25) is 0 Å². The summed E-state index contributed by atoms with van der Waals surface area (Å²) in [5, 5.41) is 6.62. The quantitative estimate of drug-likeness (QED) is 0.735. The Morgan fingerprint density at radius 1 is 1.25 bits per heavy atom. The smallest absolute Gasteiger partial charge is 0.407 e. The third-order valence-corrected chi connectivity index (χ3v) is 4.27. The van der Waals surface area contributed by atoms with Crippen molar-refractivity contribution < 1.29 is 9.53 Å². The molecule has 0 spiro atoms. The van der Waals surface area contributed by atoms with Crippen molar-refractivity contribution in [3.05, 3.63) is 0 Å². The molecule has 0 heterocycles. The number of ether oxygens (including phenoxy) is 1. The molecule has 0 aromatic rings. The van der Waals surface area contributed by atoms with Crippen LogP contribution in [0.15, 0.2) is 0 Å². The van der Waals surface area contributed by atoms with Crippen molar-refractivity contribution in [2.24, 2.45) is 11.7 Å². The molecule has 0 aromatic heterocycles. The number of nitrogens with one attached hydrogen (secondary N) is 2. The van der Waals surface area contributed by atoms with Gasteiger partial charge < -0.3 is 21.1 Å². The summed E-state index contributed by atoms with van der Waals surface area (Å²) < 4.78 is 5.26. The molecule has 5 nitrogen and oxygen atoms in total. The fourth-order valence-electron chi connectivity index (χ4n) is 3.19. The predicted octanol–water partition coefficient (Wildman–Crippen LogP) is 1.76. The monoisotopic (exact) mass is 283 g/mol. The SMILES string of the molecule is CC(C)(C)OC(=O)NC1CC(NC2CCCC2CN)C1. The molecule has 0 aliphatic heterocycles. The highest BCUT2D eigenvalue weighted by molar-refractivity contribution is 5.68. The van der Waals surface area contributed by atoms with E-state index in [1.165, 1.54) is 19.3 Å². The zero-order chi connectivity index (χ0) is 14.8. The number of carbonyl (C=O) groups is 1. The highest BCUT2D eigenvalue weighted by Crippen LogP contribution is 2.28. The summed E-state index contributed by atoms with van der Waals surface area (Å²) in [5.41, 5.74) is 5.37. The van der Waals surface area contributed by atoms with Crippen molar-refractivity contribution >= 4 is 6.09 Å². The second-order valence-electron chi connectivity index (χ2n) is 7.21. The van der Waals surface area contributed by atoms with E-state index in [4.69, 9.17) is 10.5 Å². The number of carbonyl (C=O) groups excluding carboxylic acids is 1. The van der Waals surface area contributed by atoms with E-state index in [0.29, 0.717) is 18.0 Å². The second-order valence-corrected chi connectivity index (χ2v) is 7.21. The predicted molar refractivity (Wildman–Crippen MR) is 79.5 cm³/mol. The van der Waals surface area contributed by atoms with Crippen LogP contribution >= 0.6 is 0 Å². The lowest BCUT2D eigenvalue weighted by molar-refractivity contribution is 0.0461. The molecular formula is C15H29N3O2. The van der Waals surface area contributed by atoms with Crippen LogP contribution in [0.2, 0.25) is 0 Å². The molecular weight excluding hydrogens is 254 g/mol. The maximum atomic E-state index is 11.6. The Morgan fingerprint density at radius 2 is 1.95 bits per heavy atom. The highest BCUT2D eigenvalue weighted by atomic mass is 16.6. The number of hydrogen-bond donors (Lipinski definition) is 3. The molecule has 2 rings (SSSR count). The van der Waals surface area contributed by atoms with Gasteiger partial charge in [-0.3, -0.25) is 0 Å². The lowest BCUT2D eigenvalue weighted by atomic mass is 9.85. The maximum absolute atomic E-state index is 11.6. The summed E-state index contributed by atoms with van der Waals surface area (Å²) in [5.74, 6) is 0.632. The van der Waals surface area contributed by atoms with Gasteiger partial charge in [-0.25, -0.2) is 4.79 Å². The van der Waals surface area contributed by atoms with E-state index in [9.17, 15) is 4.79 Å². The molecule has 116 valence electrons. The minimum atomic E-state index is -0.427. The molecule has 4 N–H and O–H groups in total. The molecule has 1 amide bonds. The molecule has 0 radical (unpaired) electrons. The van der Waals surface area contributed by atoms with Crippen LogP contribution in [0.1, 0.15) is 52.9 Å². The van der Waals surface area contributed by atoms with Crippen molar-refractivity contribution in [1.29, 1.82) is 0 Å². The zero-order valence-electron chi connectivity index (χ0n) is 12.9. The van der Waals surface area contributed by atoms with E-state index >= 15 is 0 Å². The van der Waals surface area contributed by atoms with Gasteiger partial charge in [0, 0.05) is 18.1 Å². The topological polar surface area (TPSA) is 76.4 Å². The molecule has 0 aromatic carbocycles. The first-order valence-corrected chi connectivity index (χ1v) is 7.83. The van der Waals surface area contributed by atoms with Gasteiger partial charge in [0.15, 0.2) is 0 Å². The van der Waals surface area contributed by atoms with Crippen molar-refractivity contribution in [2.45, 2.75) is 76.6 Å². The van der Waals surface area contributed by atoms with Crippen LogP contribution in [-0.4, -0.2) is 36.4 Å². The van der Waals surface area contributed by atoms with Crippen LogP contribution in [0, 0.1) is 5.92 Å². The summed E-state index contributed by atoms with van der Waals surface area (Å²) in [6.45, 7) is 6.42. The Bertz CT molecular complexity index is 335. The molecule has 20 heavy (non-hydrogen) atoms. The molecule has 0 bridgehead atoms.